The molecule has 3 heteroatoms. The van der Waals surface area contributed by atoms with Crippen molar-refractivity contribution >= 4 is 0 Å². The van der Waals surface area contributed by atoms with E-state index >= 15 is 0 Å². The number of hydrogen-bond acceptors (Lipinski definition) is 1. The van der Waals surface area contributed by atoms with Crippen molar-refractivity contribution in [2.45, 2.75) is 39.2 Å². The summed E-state index contributed by atoms with van der Waals surface area (Å²) in [4.78, 5) is 0. The van der Waals surface area contributed by atoms with Crippen LogP contribution in [0.5, 0.6) is 0 Å². The third-order valence-corrected chi connectivity index (χ3v) is 3.89. The first-order valence-corrected chi connectivity index (χ1v) is 6.80. The van der Waals surface area contributed by atoms with Crippen LogP contribution in [0, 0.1) is 23.5 Å². The van der Waals surface area contributed by atoms with E-state index in [1.165, 1.54) is 37.8 Å². The molecule has 0 spiro atoms. The molecule has 0 amide bonds. The van der Waals surface area contributed by atoms with E-state index in [-0.39, 0.29) is 11.6 Å². The van der Waals surface area contributed by atoms with E-state index in [9.17, 15) is 8.78 Å². The first-order chi connectivity index (χ1) is 8.65. The van der Waals surface area contributed by atoms with E-state index < -0.39 is 0 Å². The average Bonchev–Trinajstić information content (AvgIpc) is 2.36. The fraction of sp³-hybridized carbons (Fsp3) is 0.600. The molecular formula is C15H21F2N. The first kappa shape index (κ1) is 13.5. The summed E-state index contributed by atoms with van der Waals surface area (Å²) in [7, 11) is 0. The molecule has 1 fully saturated rings. The summed E-state index contributed by atoms with van der Waals surface area (Å²) in [6.45, 7) is 3.62. The molecule has 0 heterocycles. The van der Waals surface area contributed by atoms with Gasteiger partial charge in [-0.1, -0.05) is 19.8 Å². The minimum atomic E-state index is -0.375. The van der Waals surface area contributed by atoms with Gasteiger partial charge in [0.05, 0.1) is 0 Å². The molecule has 0 bridgehead atoms. The van der Waals surface area contributed by atoms with Gasteiger partial charge in [0.25, 0.3) is 0 Å². The van der Waals surface area contributed by atoms with E-state index in [0.717, 1.165) is 18.5 Å². The molecule has 1 saturated carbocycles. The van der Waals surface area contributed by atoms with Crippen LogP contribution in [0.4, 0.5) is 8.78 Å². The maximum atomic E-state index is 13.4. The van der Waals surface area contributed by atoms with Crippen molar-refractivity contribution in [1.82, 2.24) is 5.32 Å². The van der Waals surface area contributed by atoms with Crippen LogP contribution in [0.1, 0.15) is 38.2 Å². The minimum absolute atomic E-state index is 0.332. The molecule has 0 saturated heterocycles. The highest BCUT2D eigenvalue weighted by atomic mass is 19.1. The van der Waals surface area contributed by atoms with Gasteiger partial charge in [-0.3, -0.25) is 0 Å². The van der Waals surface area contributed by atoms with Gasteiger partial charge in [0.1, 0.15) is 11.6 Å². The van der Waals surface area contributed by atoms with Crippen LogP contribution in [0.3, 0.4) is 0 Å². The van der Waals surface area contributed by atoms with Gasteiger partial charge in [-0.25, -0.2) is 8.78 Å². The third kappa shape index (κ3) is 3.77. The Labute approximate surface area is 108 Å². The molecule has 0 aliphatic heterocycles. The predicted octanol–water partition coefficient (Wildman–Crippen LogP) is 3.88. The lowest BCUT2D eigenvalue weighted by atomic mass is 9.83. The Hall–Kier alpha value is -0.960. The lowest BCUT2D eigenvalue weighted by molar-refractivity contribution is 0.281. The zero-order valence-electron chi connectivity index (χ0n) is 10.9. The fourth-order valence-corrected chi connectivity index (χ4v) is 2.62. The summed E-state index contributed by atoms with van der Waals surface area (Å²) in [5, 5.41) is 3.25. The van der Waals surface area contributed by atoms with Gasteiger partial charge in [-0.2, -0.15) is 0 Å². The van der Waals surface area contributed by atoms with Gasteiger partial charge in [-0.05, 0) is 49.4 Å². The smallest absolute Gasteiger partial charge is 0.127 e. The maximum Gasteiger partial charge on any atom is 0.127 e. The van der Waals surface area contributed by atoms with Crippen LogP contribution in [0.15, 0.2) is 18.2 Å². The van der Waals surface area contributed by atoms with Crippen LogP contribution >= 0.6 is 0 Å². The molecule has 1 aromatic rings. The van der Waals surface area contributed by atoms with E-state index in [4.69, 9.17) is 0 Å². The van der Waals surface area contributed by atoms with E-state index in [1.807, 2.05) is 0 Å². The van der Waals surface area contributed by atoms with Crippen molar-refractivity contribution in [2.75, 3.05) is 6.54 Å². The SMILES string of the molecule is CC1CCC(CNCc2cc(F)ccc2F)CC1. The Kier molecular flexibility index (Phi) is 4.70. The zero-order chi connectivity index (χ0) is 13.0. The van der Waals surface area contributed by atoms with Gasteiger partial charge in [-0.15, -0.1) is 0 Å². The first-order valence-electron chi connectivity index (χ1n) is 6.80. The molecule has 0 unspecified atom stereocenters. The molecule has 2 rings (SSSR count). The Bertz CT molecular complexity index is 384. The Morgan fingerprint density at radius 1 is 1.17 bits per heavy atom. The molecule has 0 atom stereocenters. The molecule has 1 nitrogen and oxygen atoms in total. The number of rotatable bonds is 4. The molecule has 1 N–H and O–H groups in total. The van der Waals surface area contributed by atoms with Gasteiger partial charge in [0, 0.05) is 12.1 Å². The van der Waals surface area contributed by atoms with Crippen molar-refractivity contribution in [3.8, 4) is 0 Å². The second-order valence-electron chi connectivity index (χ2n) is 5.49. The Morgan fingerprint density at radius 3 is 2.61 bits per heavy atom. The number of hydrogen-bond donors (Lipinski definition) is 1. The standard InChI is InChI=1S/C15H21F2N/c1-11-2-4-12(5-3-11)9-18-10-13-8-14(16)6-7-15(13)17/h6-8,11-12,18H,2-5,9-10H2,1H3. The topological polar surface area (TPSA) is 12.0 Å². The molecule has 0 radical (unpaired) electrons. The van der Waals surface area contributed by atoms with Gasteiger partial charge < -0.3 is 5.32 Å². The van der Waals surface area contributed by atoms with Crippen LogP contribution < -0.4 is 5.32 Å². The zero-order valence-corrected chi connectivity index (χ0v) is 10.9. The molecule has 1 aliphatic carbocycles. The molecule has 100 valence electrons. The maximum absolute atomic E-state index is 13.4. The quantitative estimate of drug-likeness (QED) is 0.858. The van der Waals surface area contributed by atoms with Crippen molar-refractivity contribution in [2.24, 2.45) is 11.8 Å². The summed E-state index contributed by atoms with van der Waals surface area (Å²) in [5.74, 6) is 0.834. The van der Waals surface area contributed by atoms with E-state index in [0.29, 0.717) is 18.0 Å². The Morgan fingerprint density at radius 2 is 1.89 bits per heavy atom. The normalized spacial score (nSPS) is 24.2. The van der Waals surface area contributed by atoms with Gasteiger partial charge in [0.2, 0.25) is 0 Å². The van der Waals surface area contributed by atoms with E-state index in [2.05, 4.69) is 12.2 Å². The van der Waals surface area contributed by atoms with E-state index in [1.54, 1.807) is 0 Å². The van der Waals surface area contributed by atoms with Crippen molar-refractivity contribution < 1.29 is 8.78 Å². The van der Waals surface area contributed by atoms with Crippen molar-refractivity contribution in [1.29, 1.82) is 0 Å². The number of nitrogens with one attached hydrogen (secondary N) is 1. The van der Waals surface area contributed by atoms with Crippen molar-refractivity contribution in [3.05, 3.63) is 35.4 Å². The highest BCUT2D eigenvalue weighted by Crippen LogP contribution is 2.27. The van der Waals surface area contributed by atoms with Crippen LogP contribution in [0.25, 0.3) is 0 Å². The molecule has 1 aromatic carbocycles. The summed E-state index contributed by atoms with van der Waals surface area (Å²) in [6.07, 6.45) is 5.08. The van der Waals surface area contributed by atoms with Crippen LogP contribution in [-0.4, -0.2) is 6.54 Å². The summed E-state index contributed by atoms with van der Waals surface area (Å²) in [5.41, 5.74) is 0.416. The molecule has 0 aromatic heterocycles. The second-order valence-corrected chi connectivity index (χ2v) is 5.49. The average molecular weight is 253 g/mol. The molecule has 1 aliphatic rings. The summed E-state index contributed by atoms with van der Waals surface area (Å²) in [6, 6.07) is 3.61. The Balaban J connectivity index is 1.76. The molecular weight excluding hydrogens is 232 g/mol. The number of halogens is 2. The predicted molar refractivity (Wildman–Crippen MR) is 69.2 cm³/mol. The summed E-state index contributed by atoms with van der Waals surface area (Å²) < 4.78 is 26.4. The fourth-order valence-electron chi connectivity index (χ4n) is 2.62. The molecule has 18 heavy (non-hydrogen) atoms. The van der Waals surface area contributed by atoms with Crippen molar-refractivity contribution in [3.63, 3.8) is 0 Å². The monoisotopic (exact) mass is 253 g/mol. The lowest BCUT2D eigenvalue weighted by Crippen LogP contribution is -2.26. The minimum Gasteiger partial charge on any atom is -0.312 e. The second kappa shape index (κ2) is 6.28. The van der Waals surface area contributed by atoms with Gasteiger partial charge >= 0.3 is 0 Å². The van der Waals surface area contributed by atoms with Gasteiger partial charge in [0.15, 0.2) is 0 Å². The highest BCUT2D eigenvalue weighted by Gasteiger charge is 2.17. The lowest BCUT2D eigenvalue weighted by Gasteiger charge is -2.26. The highest BCUT2D eigenvalue weighted by molar-refractivity contribution is 5.18. The largest absolute Gasteiger partial charge is 0.312 e. The van der Waals surface area contributed by atoms with Crippen LogP contribution in [0.2, 0.25) is 0 Å². The number of benzene rings is 1. The van der Waals surface area contributed by atoms with Crippen LogP contribution in [-0.2, 0) is 6.54 Å². The summed E-state index contributed by atoms with van der Waals surface area (Å²) >= 11 is 0. The third-order valence-electron chi connectivity index (χ3n) is 3.89.